The molecule has 0 fully saturated rings. The summed E-state index contributed by atoms with van der Waals surface area (Å²) in [4.78, 5) is 11.0. The fourth-order valence-electron chi connectivity index (χ4n) is 0.972. The Balaban J connectivity index is 3.36. The highest BCUT2D eigenvalue weighted by molar-refractivity contribution is 6.35. The minimum Gasteiger partial charge on any atom is -0.398 e. The average molecular weight is 184 g/mol. The Bertz CT molecular complexity index is 334. The third-order valence-electron chi connectivity index (χ3n) is 1.81. The summed E-state index contributed by atoms with van der Waals surface area (Å²) in [6, 6.07) is 3.34. The van der Waals surface area contributed by atoms with E-state index in [2.05, 4.69) is 0 Å². The standard InChI is InChI=1S/C9H10ClNO/c1-5-8(11)4-3-7(6(2)12)9(5)10/h3-4H,11H2,1-2H3. The van der Waals surface area contributed by atoms with Crippen LogP contribution in [0.5, 0.6) is 0 Å². The first-order valence-electron chi connectivity index (χ1n) is 3.59. The Kier molecular flexibility index (Phi) is 2.38. The fraction of sp³-hybridized carbons (Fsp3) is 0.222. The van der Waals surface area contributed by atoms with Crippen LogP contribution in [0.2, 0.25) is 5.02 Å². The van der Waals surface area contributed by atoms with Gasteiger partial charge >= 0.3 is 0 Å². The summed E-state index contributed by atoms with van der Waals surface area (Å²) in [6.45, 7) is 3.28. The molecule has 0 bridgehead atoms. The van der Waals surface area contributed by atoms with Crippen molar-refractivity contribution in [1.82, 2.24) is 0 Å². The van der Waals surface area contributed by atoms with E-state index in [4.69, 9.17) is 17.3 Å². The second-order valence-corrected chi connectivity index (χ2v) is 3.08. The maximum atomic E-state index is 11.0. The smallest absolute Gasteiger partial charge is 0.161 e. The molecule has 0 spiro atoms. The van der Waals surface area contributed by atoms with Gasteiger partial charge in [-0.2, -0.15) is 0 Å². The molecule has 64 valence electrons. The minimum atomic E-state index is -0.0388. The SMILES string of the molecule is CC(=O)c1ccc(N)c(C)c1Cl. The van der Waals surface area contributed by atoms with Crippen molar-refractivity contribution in [3.8, 4) is 0 Å². The van der Waals surface area contributed by atoms with Gasteiger partial charge in [-0.1, -0.05) is 11.6 Å². The van der Waals surface area contributed by atoms with E-state index in [1.165, 1.54) is 6.92 Å². The van der Waals surface area contributed by atoms with Crippen molar-refractivity contribution in [3.05, 3.63) is 28.3 Å². The summed E-state index contributed by atoms with van der Waals surface area (Å²) in [7, 11) is 0. The van der Waals surface area contributed by atoms with Crippen LogP contribution < -0.4 is 5.73 Å². The predicted octanol–water partition coefficient (Wildman–Crippen LogP) is 2.43. The molecular weight excluding hydrogens is 174 g/mol. The number of Topliss-reactive ketones (excluding diaryl/α,β-unsaturated/α-hetero) is 1. The van der Waals surface area contributed by atoms with Crippen LogP contribution >= 0.6 is 11.6 Å². The van der Waals surface area contributed by atoms with E-state index < -0.39 is 0 Å². The van der Waals surface area contributed by atoms with Gasteiger partial charge < -0.3 is 5.73 Å². The zero-order valence-electron chi connectivity index (χ0n) is 7.02. The molecule has 0 atom stereocenters. The number of nitrogen functional groups attached to an aromatic ring is 1. The number of ketones is 1. The quantitative estimate of drug-likeness (QED) is 0.537. The third kappa shape index (κ3) is 1.43. The van der Waals surface area contributed by atoms with Crippen LogP contribution in [0, 0.1) is 6.92 Å². The van der Waals surface area contributed by atoms with E-state index >= 15 is 0 Å². The van der Waals surface area contributed by atoms with Crippen molar-refractivity contribution in [3.63, 3.8) is 0 Å². The van der Waals surface area contributed by atoms with Crippen LogP contribution in [-0.2, 0) is 0 Å². The van der Waals surface area contributed by atoms with Crippen molar-refractivity contribution in [2.24, 2.45) is 0 Å². The molecule has 12 heavy (non-hydrogen) atoms. The Morgan fingerprint density at radius 1 is 1.50 bits per heavy atom. The molecule has 2 N–H and O–H groups in total. The monoisotopic (exact) mass is 183 g/mol. The number of hydrogen-bond acceptors (Lipinski definition) is 2. The largest absolute Gasteiger partial charge is 0.398 e. The van der Waals surface area contributed by atoms with Crippen LogP contribution in [0.4, 0.5) is 5.69 Å². The van der Waals surface area contributed by atoms with Gasteiger partial charge in [-0.05, 0) is 31.5 Å². The van der Waals surface area contributed by atoms with Gasteiger partial charge in [0.2, 0.25) is 0 Å². The Morgan fingerprint density at radius 3 is 2.58 bits per heavy atom. The summed E-state index contributed by atoms with van der Waals surface area (Å²) in [5.41, 5.74) is 7.51. The number of anilines is 1. The summed E-state index contributed by atoms with van der Waals surface area (Å²) < 4.78 is 0. The summed E-state index contributed by atoms with van der Waals surface area (Å²) in [5.74, 6) is -0.0388. The molecule has 0 amide bonds. The second kappa shape index (κ2) is 3.15. The zero-order chi connectivity index (χ0) is 9.30. The van der Waals surface area contributed by atoms with Crippen LogP contribution in [0.15, 0.2) is 12.1 Å². The maximum absolute atomic E-state index is 11.0. The van der Waals surface area contributed by atoms with Crippen LogP contribution in [-0.4, -0.2) is 5.78 Å². The number of rotatable bonds is 1. The van der Waals surface area contributed by atoms with E-state index in [0.717, 1.165) is 5.56 Å². The molecule has 1 rings (SSSR count). The molecule has 0 aromatic heterocycles. The Labute approximate surface area is 76.3 Å². The topological polar surface area (TPSA) is 43.1 Å². The lowest BCUT2D eigenvalue weighted by molar-refractivity contribution is 0.101. The number of carbonyl (C=O) groups is 1. The Hall–Kier alpha value is -1.02. The van der Waals surface area contributed by atoms with E-state index in [-0.39, 0.29) is 5.78 Å². The molecule has 0 heterocycles. The number of hydrogen-bond donors (Lipinski definition) is 1. The van der Waals surface area contributed by atoms with Gasteiger partial charge in [-0.25, -0.2) is 0 Å². The van der Waals surface area contributed by atoms with E-state index in [9.17, 15) is 4.79 Å². The van der Waals surface area contributed by atoms with Gasteiger partial charge in [0.25, 0.3) is 0 Å². The van der Waals surface area contributed by atoms with Gasteiger partial charge in [0.15, 0.2) is 5.78 Å². The Morgan fingerprint density at radius 2 is 2.08 bits per heavy atom. The molecule has 0 aliphatic heterocycles. The fourth-order valence-corrected chi connectivity index (χ4v) is 1.28. The first-order chi connectivity index (χ1) is 5.54. The molecule has 3 heteroatoms. The number of nitrogens with two attached hydrogens (primary N) is 1. The van der Waals surface area contributed by atoms with Crippen molar-refractivity contribution in [2.45, 2.75) is 13.8 Å². The molecule has 0 aliphatic rings. The maximum Gasteiger partial charge on any atom is 0.161 e. The van der Waals surface area contributed by atoms with Gasteiger partial charge in [-0.15, -0.1) is 0 Å². The minimum absolute atomic E-state index is 0.0388. The van der Waals surface area contributed by atoms with Crippen LogP contribution in [0.3, 0.4) is 0 Å². The highest BCUT2D eigenvalue weighted by Crippen LogP contribution is 2.25. The summed E-state index contributed by atoms with van der Waals surface area (Å²) in [5, 5.41) is 0.461. The molecule has 0 radical (unpaired) electrons. The van der Waals surface area contributed by atoms with Gasteiger partial charge in [0.05, 0.1) is 5.02 Å². The first kappa shape index (κ1) is 9.07. The number of carbonyl (C=O) groups excluding carboxylic acids is 1. The van der Waals surface area contributed by atoms with Gasteiger partial charge in [-0.3, -0.25) is 4.79 Å². The van der Waals surface area contributed by atoms with Crippen molar-refractivity contribution in [2.75, 3.05) is 5.73 Å². The molecule has 1 aromatic carbocycles. The van der Waals surface area contributed by atoms with Crippen molar-refractivity contribution in [1.29, 1.82) is 0 Å². The first-order valence-corrected chi connectivity index (χ1v) is 3.97. The van der Waals surface area contributed by atoms with Crippen molar-refractivity contribution < 1.29 is 4.79 Å². The molecule has 0 unspecified atom stereocenters. The molecule has 1 aromatic rings. The van der Waals surface area contributed by atoms with Gasteiger partial charge in [0.1, 0.15) is 0 Å². The third-order valence-corrected chi connectivity index (χ3v) is 2.29. The number of halogens is 1. The molecule has 2 nitrogen and oxygen atoms in total. The normalized spacial score (nSPS) is 9.92. The highest BCUT2D eigenvalue weighted by Gasteiger charge is 2.08. The van der Waals surface area contributed by atoms with Crippen LogP contribution in [0.25, 0.3) is 0 Å². The highest BCUT2D eigenvalue weighted by atomic mass is 35.5. The molecule has 0 aliphatic carbocycles. The molecule has 0 saturated heterocycles. The predicted molar refractivity (Wildman–Crippen MR) is 50.6 cm³/mol. The number of benzene rings is 1. The van der Waals surface area contributed by atoms with Crippen LogP contribution in [0.1, 0.15) is 22.8 Å². The van der Waals surface area contributed by atoms with Gasteiger partial charge in [0, 0.05) is 11.3 Å². The molecular formula is C9H10ClNO. The van der Waals surface area contributed by atoms with Crippen molar-refractivity contribution >= 4 is 23.1 Å². The summed E-state index contributed by atoms with van der Waals surface area (Å²) >= 11 is 5.89. The van der Waals surface area contributed by atoms with E-state index in [1.54, 1.807) is 19.1 Å². The lowest BCUT2D eigenvalue weighted by atomic mass is 10.1. The lowest BCUT2D eigenvalue weighted by Gasteiger charge is -2.05. The second-order valence-electron chi connectivity index (χ2n) is 2.70. The average Bonchev–Trinajstić information content (AvgIpc) is 2.00. The van der Waals surface area contributed by atoms with E-state index in [1.807, 2.05) is 0 Å². The van der Waals surface area contributed by atoms with E-state index in [0.29, 0.717) is 16.3 Å². The summed E-state index contributed by atoms with van der Waals surface area (Å²) in [6.07, 6.45) is 0. The molecule has 0 saturated carbocycles. The zero-order valence-corrected chi connectivity index (χ0v) is 7.77. The lowest BCUT2D eigenvalue weighted by Crippen LogP contribution is -1.98.